The van der Waals surface area contributed by atoms with E-state index in [1.807, 2.05) is 78.9 Å². The molecule has 0 bridgehead atoms. The van der Waals surface area contributed by atoms with E-state index in [1.54, 1.807) is 29.1 Å². The molecule has 0 saturated carbocycles. The molecule has 3 aromatic carbocycles. The average molecular weight is 433 g/mol. The second-order valence-electron chi connectivity index (χ2n) is 7.28. The third-order valence-corrected chi connectivity index (χ3v) is 5.10. The van der Waals surface area contributed by atoms with E-state index in [-0.39, 0.29) is 5.91 Å². The van der Waals surface area contributed by atoms with Gasteiger partial charge in [-0.3, -0.25) is 4.79 Å². The predicted molar refractivity (Wildman–Crippen MR) is 129 cm³/mol. The van der Waals surface area contributed by atoms with Gasteiger partial charge in [0.25, 0.3) is 0 Å². The molecular weight excluding hydrogens is 414 g/mol. The highest BCUT2D eigenvalue weighted by atomic mass is 16.2. The number of benzene rings is 3. The standard InChI is InChI=1S/C26H19N5O2/c32-23(17-16-19-10-4-1-5-11-19)28-24-22-18-27-31(21-14-8-3-9-15-21)25(22)29-26(33)30(24)20-12-6-2-7-13-20/h1-18H,(H,28,32)/b17-16+. The molecule has 0 atom stereocenters. The van der Waals surface area contributed by atoms with Crippen LogP contribution < -0.4 is 11.0 Å². The third-order valence-electron chi connectivity index (χ3n) is 5.10. The van der Waals surface area contributed by atoms with Crippen molar-refractivity contribution in [2.24, 2.45) is 0 Å². The summed E-state index contributed by atoms with van der Waals surface area (Å²) in [7, 11) is 0. The van der Waals surface area contributed by atoms with Crippen LogP contribution in [0.2, 0.25) is 0 Å². The molecule has 2 aromatic heterocycles. The molecule has 1 N–H and O–H groups in total. The summed E-state index contributed by atoms with van der Waals surface area (Å²) in [6.45, 7) is 0. The zero-order valence-corrected chi connectivity index (χ0v) is 17.5. The fourth-order valence-electron chi connectivity index (χ4n) is 3.57. The number of carbonyl (C=O) groups is 1. The van der Waals surface area contributed by atoms with Gasteiger partial charge in [-0.25, -0.2) is 14.0 Å². The number of amides is 1. The van der Waals surface area contributed by atoms with Gasteiger partial charge in [-0.15, -0.1) is 0 Å². The first kappa shape index (κ1) is 20.1. The lowest BCUT2D eigenvalue weighted by Crippen LogP contribution is -2.26. The van der Waals surface area contributed by atoms with Gasteiger partial charge in [0, 0.05) is 6.08 Å². The summed E-state index contributed by atoms with van der Waals surface area (Å²) >= 11 is 0. The molecule has 160 valence electrons. The first-order valence-corrected chi connectivity index (χ1v) is 10.4. The van der Waals surface area contributed by atoms with Crippen LogP contribution in [0.25, 0.3) is 28.5 Å². The second-order valence-corrected chi connectivity index (χ2v) is 7.28. The largest absolute Gasteiger partial charge is 0.355 e. The van der Waals surface area contributed by atoms with Crippen molar-refractivity contribution in [1.29, 1.82) is 0 Å². The first-order valence-electron chi connectivity index (χ1n) is 10.4. The Morgan fingerprint density at radius 1 is 0.818 bits per heavy atom. The quantitative estimate of drug-likeness (QED) is 0.421. The summed E-state index contributed by atoms with van der Waals surface area (Å²) in [5.74, 6) is -0.0658. The van der Waals surface area contributed by atoms with Gasteiger partial charge in [-0.05, 0) is 35.9 Å². The number of carbonyl (C=O) groups excluding carboxylic acids is 1. The van der Waals surface area contributed by atoms with Gasteiger partial charge in [-0.2, -0.15) is 10.1 Å². The van der Waals surface area contributed by atoms with Gasteiger partial charge in [0.1, 0.15) is 5.82 Å². The number of hydrogen-bond donors (Lipinski definition) is 1. The Kier molecular flexibility index (Phi) is 5.35. The number of hydrogen-bond acceptors (Lipinski definition) is 4. The molecule has 7 heteroatoms. The number of anilines is 1. The molecule has 2 heterocycles. The highest BCUT2D eigenvalue weighted by Gasteiger charge is 2.18. The number of rotatable bonds is 5. The number of nitrogens with one attached hydrogen (secondary N) is 1. The molecule has 5 rings (SSSR count). The molecular formula is C26H19N5O2. The molecule has 0 aliphatic rings. The number of aromatic nitrogens is 4. The first-order chi connectivity index (χ1) is 16.2. The summed E-state index contributed by atoms with van der Waals surface area (Å²) in [5.41, 5.74) is 2.09. The van der Waals surface area contributed by atoms with Crippen molar-refractivity contribution in [2.45, 2.75) is 0 Å². The van der Waals surface area contributed by atoms with E-state index in [0.29, 0.717) is 22.5 Å². The van der Waals surface area contributed by atoms with Crippen LogP contribution >= 0.6 is 0 Å². The minimum absolute atomic E-state index is 0.307. The van der Waals surface area contributed by atoms with E-state index < -0.39 is 5.69 Å². The molecule has 1 amide bonds. The van der Waals surface area contributed by atoms with Crippen LogP contribution in [-0.2, 0) is 4.79 Å². The minimum Gasteiger partial charge on any atom is -0.307 e. The lowest BCUT2D eigenvalue weighted by molar-refractivity contribution is -0.111. The van der Waals surface area contributed by atoms with E-state index >= 15 is 0 Å². The van der Waals surface area contributed by atoms with Gasteiger partial charge in [0.15, 0.2) is 5.65 Å². The van der Waals surface area contributed by atoms with Crippen LogP contribution in [0.1, 0.15) is 5.56 Å². The highest BCUT2D eigenvalue weighted by Crippen LogP contribution is 2.25. The lowest BCUT2D eigenvalue weighted by Gasteiger charge is -2.14. The van der Waals surface area contributed by atoms with Gasteiger partial charge < -0.3 is 5.32 Å². The van der Waals surface area contributed by atoms with Crippen LogP contribution in [0.5, 0.6) is 0 Å². The summed E-state index contributed by atoms with van der Waals surface area (Å²) < 4.78 is 2.97. The Morgan fingerprint density at radius 3 is 2.09 bits per heavy atom. The zero-order chi connectivity index (χ0) is 22.6. The maximum absolute atomic E-state index is 13.1. The van der Waals surface area contributed by atoms with Crippen molar-refractivity contribution >= 4 is 28.8 Å². The summed E-state index contributed by atoms with van der Waals surface area (Å²) in [6.07, 6.45) is 4.75. The Hall–Kier alpha value is -4.78. The van der Waals surface area contributed by atoms with Crippen molar-refractivity contribution in [3.05, 3.63) is 119 Å². The summed E-state index contributed by atoms with van der Waals surface area (Å²) in [4.78, 5) is 30.3. The molecule has 33 heavy (non-hydrogen) atoms. The number of fused-ring (bicyclic) bond motifs is 1. The molecule has 0 aliphatic carbocycles. The SMILES string of the molecule is O=C(/C=C/c1ccccc1)Nc1c2cnn(-c3ccccc3)c2nc(=O)n1-c1ccccc1. The monoisotopic (exact) mass is 433 g/mol. The zero-order valence-electron chi connectivity index (χ0n) is 17.5. The summed E-state index contributed by atoms with van der Waals surface area (Å²) in [6, 6.07) is 28.0. The van der Waals surface area contributed by atoms with Crippen LogP contribution in [0, 0.1) is 0 Å². The van der Waals surface area contributed by atoms with Crippen molar-refractivity contribution in [2.75, 3.05) is 5.32 Å². The fourth-order valence-corrected chi connectivity index (χ4v) is 3.57. The smallest absolute Gasteiger partial charge is 0.307 e. The maximum atomic E-state index is 13.1. The van der Waals surface area contributed by atoms with Crippen LogP contribution in [-0.4, -0.2) is 25.2 Å². The molecule has 0 fully saturated rings. The van der Waals surface area contributed by atoms with E-state index in [1.165, 1.54) is 10.6 Å². The Balaban J connectivity index is 1.64. The normalized spacial score (nSPS) is 11.2. The topological polar surface area (TPSA) is 81.8 Å². The predicted octanol–water partition coefficient (Wildman–Crippen LogP) is 4.22. The van der Waals surface area contributed by atoms with Crippen molar-refractivity contribution < 1.29 is 4.79 Å². The Labute approximate surface area is 189 Å². The molecule has 0 aliphatic heterocycles. The Morgan fingerprint density at radius 2 is 1.42 bits per heavy atom. The van der Waals surface area contributed by atoms with E-state index in [9.17, 15) is 9.59 Å². The van der Waals surface area contributed by atoms with Gasteiger partial charge in [0.05, 0.1) is 23.0 Å². The second kappa shape index (κ2) is 8.76. The molecule has 0 radical (unpaired) electrons. The van der Waals surface area contributed by atoms with E-state index in [2.05, 4.69) is 15.4 Å². The fraction of sp³-hybridized carbons (Fsp3) is 0. The maximum Gasteiger partial charge on any atom is 0.355 e. The van der Waals surface area contributed by atoms with Crippen LogP contribution in [0.15, 0.2) is 108 Å². The molecule has 7 nitrogen and oxygen atoms in total. The molecule has 0 unspecified atom stereocenters. The van der Waals surface area contributed by atoms with Crippen LogP contribution in [0.3, 0.4) is 0 Å². The highest BCUT2D eigenvalue weighted by molar-refractivity contribution is 6.06. The Bertz CT molecular complexity index is 1500. The lowest BCUT2D eigenvalue weighted by atomic mass is 10.2. The molecule has 0 saturated heterocycles. The van der Waals surface area contributed by atoms with Crippen molar-refractivity contribution in [3.8, 4) is 11.4 Å². The average Bonchev–Trinajstić information content (AvgIpc) is 3.28. The van der Waals surface area contributed by atoms with Crippen molar-refractivity contribution in [3.63, 3.8) is 0 Å². The molecule has 5 aromatic rings. The number of para-hydroxylation sites is 2. The van der Waals surface area contributed by atoms with E-state index in [0.717, 1.165) is 11.3 Å². The summed E-state index contributed by atoms with van der Waals surface area (Å²) in [5, 5.41) is 7.85. The third kappa shape index (κ3) is 4.07. The van der Waals surface area contributed by atoms with E-state index in [4.69, 9.17) is 0 Å². The minimum atomic E-state index is -0.520. The number of nitrogens with zero attached hydrogens (tertiary/aromatic N) is 4. The van der Waals surface area contributed by atoms with Gasteiger partial charge in [-0.1, -0.05) is 66.7 Å². The van der Waals surface area contributed by atoms with Crippen LogP contribution in [0.4, 0.5) is 5.82 Å². The van der Waals surface area contributed by atoms with Gasteiger partial charge in [0.2, 0.25) is 5.91 Å². The van der Waals surface area contributed by atoms with Gasteiger partial charge >= 0.3 is 5.69 Å². The van der Waals surface area contributed by atoms with Crippen molar-refractivity contribution in [1.82, 2.24) is 19.3 Å². The molecule has 0 spiro atoms.